The molecule has 1 unspecified atom stereocenters. The molecule has 3 nitrogen and oxygen atoms in total. The Hall–Kier alpha value is -1.51. The number of carbonyl (C=O) groups excluding carboxylic acids is 1. The van der Waals surface area contributed by atoms with Gasteiger partial charge in [-0.3, -0.25) is 4.79 Å². The van der Waals surface area contributed by atoms with Crippen LogP contribution in [0.2, 0.25) is 0 Å². The van der Waals surface area contributed by atoms with Crippen LogP contribution in [-0.2, 0) is 10.2 Å². The van der Waals surface area contributed by atoms with Crippen LogP contribution in [-0.4, -0.2) is 23.4 Å². The van der Waals surface area contributed by atoms with Crippen LogP contribution in [0.25, 0.3) is 0 Å². The van der Waals surface area contributed by atoms with E-state index in [9.17, 15) is 4.79 Å². The van der Waals surface area contributed by atoms with Crippen LogP contribution in [0, 0.1) is 5.92 Å². The highest BCUT2D eigenvalue weighted by Gasteiger charge is 2.54. The van der Waals surface area contributed by atoms with Gasteiger partial charge in [0.25, 0.3) is 0 Å². The zero-order valence-electron chi connectivity index (χ0n) is 12.4. The number of hydrogen-bond donors (Lipinski definition) is 1. The van der Waals surface area contributed by atoms with Crippen molar-refractivity contribution in [1.29, 1.82) is 0 Å². The van der Waals surface area contributed by atoms with Gasteiger partial charge in [-0.05, 0) is 49.3 Å². The molecule has 1 heterocycles. The van der Waals surface area contributed by atoms with Crippen molar-refractivity contribution >= 4 is 11.6 Å². The maximum Gasteiger partial charge on any atom is 0.233 e. The number of anilines is 1. The van der Waals surface area contributed by atoms with Gasteiger partial charge in [-0.25, -0.2) is 0 Å². The molecule has 1 amide bonds. The molecule has 0 radical (unpaired) electrons. The number of nitrogen functional groups attached to an aromatic ring is 1. The number of hydrogen-bond acceptors (Lipinski definition) is 2. The summed E-state index contributed by atoms with van der Waals surface area (Å²) in [7, 11) is 0. The number of rotatable bonds is 3. The van der Waals surface area contributed by atoms with Gasteiger partial charge in [-0.2, -0.15) is 0 Å². The van der Waals surface area contributed by atoms with E-state index in [0.29, 0.717) is 17.9 Å². The van der Waals surface area contributed by atoms with Crippen molar-refractivity contribution < 1.29 is 4.79 Å². The lowest BCUT2D eigenvalue weighted by Crippen LogP contribution is -2.44. The first-order chi connectivity index (χ1) is 9.54. The fourth-order valence-electron chi connectivity index (χ4n) is 3.57. The van der Waals surface area contributed by atoms with Crippen LogP contribution in [0.3, 0.4) is 0 Å². The minimum absolute atomic E-state index is 0.245. The van der Waals surface area contributed by atoms with Gasteiger partial charge in [0.1, 0.15) is 0 Å². The molecule has 3 heteroatoms. The van der Waals surface area contributed by atoms with E-state index < -0.39 is 0 Å². The molecule has 2 fully saturated rings. The monoisotopic (exact) mass is 272 g/mol. The Morgan fingerprint density at radius 1 is 1.30 bits per heavy atom. The largest absolute Gasteiger partial charge is 0.399 e. The third-order valence-corrected chi connectivity index (χ3v) is 4.95. The van der Waals surface area contributed by atoms with Crippen LogP contribution in [0.4, 0.5) is 5.69 Å². The number of nitrogens with zero attached hydrogens (tertiary/aromatic N) is 1. The van der Waals surface area contributed by atoms with Crippen molar-refractivity contribution in [3.63, 3.8) is 0 Å². The lowest BCUT2D eigenvalue weighted by molar-refractivity contribution is -0.135. The molecule has 2 N–H and O–H groups in total. The Labute approximate surface area is 121 Å². The van der Waals surface area contributed by atoms with Crippen molar-refractivity contribution in [2.75, 3.05) is 12.3 Å². The number of carbonyl (C=O) groups is 1. The van der Waals surface area contributed by atoms with Crippen molar-refractivity contribution in [1.82, 2.24) is 4.90 Å². The molecule has 20 heavy (non-hydrogen) atoms. The third-order valence-electron chi connectivity index (χ3n) is 4.95. The van der Waals surface area contributed by atoms with Gasteiger partial charge in [0, 0.05) is 18.3 Å². The summed E-state index contributed by atoms with van der Waals surface area (Å²) in [5.74, 6) is 0.891. The number of nitrogens with two attached hydrogens (primary N) is 1. The molecule has 1 atom stereocenters. The average molecular weight is 272 g/mol. The van der Waals surface area contributed by atoms with E-state index in [1.165, 1.54) is 0 Å². The van der Waals surface area contributed by atoms with Crippen molar-refractivity contribution in [3.05, 3.63) is 29.8 Å². The summed E-state index contributed by atoms with van der Waals surface area (Å²) in [5.41, 5.74) is 7.42. The standard InChI is InChI=1S/C17H24N2O/c1-12(2)15-4-3-11-19(15)16(20)17(9-10-17)13-5-7-14(18)8-6-13/h5-8,12,15H,3-4,9-11,18H2,1-2H3. The second-order valence-electron chi connectivity index (χ2n) is 6.66. The second-order valence-corrected chi connectivity index (χ2v) is 6.66. The second kappa shape index (κ2) is 4.80. The fraction of sp³-hybridized carbons (Fsp3) is 0.588. The molecular weight excluding hydrogens is 248 g/mol. The van der Waals surface area contributed by atoms with Gasteiger partial charge in [0.2, 0.25) is 5.91 Å². The van der Waals surface area contributed by atoms with E-state index in [1.54, 1.807) is 0 Å². The summed E-state index contributed by atoms with van der Waals surface area (Å²) in [6, 6.07) is 8.30. The van der Waals surface area contributed by atoms with E-state index in [1.807, 2.05) is 24.3 Å². The maximum absolute atomic E-state index is 13.0. The Kier molecular flexibility index (Phi) is 3.23. The van der Waals surface area contributed by atoms with Gasteiger partial charge >= 0.3 is 0 Å². The van der Waals surface area contributed by atoms with E-state index in [4.69, 9.17) is 5.73 Å². The third kappa shape index (κ3) is 2.09. The fourth-order valence-corrected chi connectivity index (χ4v) is 3.57. The molecule has 108 valence electrons. The molecule has 1 saturated carbocycles. The van der Waals surface area contributed by atoms with Crippen molar-refractivity contribution in [3.8, 4) is 0 Å². The summed E-state index contributed by atoms with van der Waals surface area (Å²) in [5, 5.41) is 0. The Bertz CT molecular complexity index is 502. The van der Waals surface area contributed by atoms with Crippen molar-refractivity contribution in [2.45, 2.75) is 51.0 Å². The van der Waals surface area contributed by atoms with Gasteiger partial charge < -0.3 is 10.6 Å². The minimum Gasteiger partial charge on any atom is -0.399 e. The molecule has 1 aliphatic heterocycles. The molecule has 2 aliphatic rings. The first-order valence-corrected chi connectivity index (χ1v) is 7.72. The highest BCUT2D eigenvalue weighted by atomic mass is 16.2. The molecule has 1 aromatic rings. The summed E-state index contributed by atoms with van der Waals surface area (Å²) in [4.78, 5) is 15.2. The molecule has 1 aromatic carbocycles. The van der Waals surface area contributed by atoms with Crippen molar-refractivity contribution in [2.24, 2.45) is 5.92 Å². The predicted molar refractivity (Wildman–Crippen MR) is 81.3 cm³/mol. The molecule has 1 aliphatic carbocycles. The summed E-state index contributed by atoms with van der Waals surface area (Å²) in [6.45, 7) is 5.37. The zero-order valence-corrected chi connectivity index (χ0v) is 12.4. The van der Waals surface area contributed by atoms with Gasteiger partial charge in [0.05, 0.1) is 5.41 Å². The number of benzene rings is 1. The van der Waals surface area contributed by atoms with Crippen LogP contribution in [0.5, 0.6) is 0 Å². The highest BCUT2D eigenvalue weighted by molar-refractivity contribution is 5.91. The quantitative estimate of drug-likeness (QED) is 0.860. The smallest absolute Gasteiger partial charge is 0.233 e. The molecule has 0 spiro atoms. The summed E-state index contributed by atoms with van der Waals surface area (Å²) < 4.78 is 0. The number of amides is 1. The van der Waals surface area contributed by atoms with Crippen LogP contribution >= 0.6 is 0 Å². The average Bonchev–Trinajstić information content (AvgIpc) is 3.08. The van der Waals surface area contributed by atoms with E-state index in [2.05, 4.69) is 18.7 Å². The van der Waals surface area contributed by atoms with Gasteiger partial charge in [-0.15, -0.1) is 0 Å². The Balaban J connectivity index is 1.84. The van der Waals surface area contributed by atoms with Crippen LogP contribution < -0.4 is 5.73 Å². The lowest BCUT2D eigenvalue weighted by atomic mass is 9.92. The van der Waals surface area contributed by atoms with E-state index in [-0.39, 0.29) is 5.41 Å². The Morgan fingerprint density at radius 2 is 1.95 bits per heavy atom. The summed E-state index contributed by atoms with van der Waals surface area (Å²) in [6.07, 6.45) is 4.27. The summed E-state index contributed by atoms with van der Waals surface area (Å²) >= 11 is 0. The van der Waals surface area contributed by atoms with E-state index >= 15 is 0 Å². The lowest BCUT2D eigenvalue weighted by Gasteiger charge is -2.31. The highest BCUT2D eigenvalue weighted by Crippen LogP contribution is 2.50. The van der Waals surface area contributed by atoms with E-state index in [0.717, 1.165) is 43.5 Å². The molecule has 0 bridgehead atoms. The SMILES string of the molecule is CC(C)C1CCCN1C(=O)C1(c2ccc(N)cc2)CC1. The zero-order chi connectivity index (χ0) is 14.3. The first kappa shape index (κ1) is 13.5. The first-order valence-electron chi connectivity index (χ1n) is 7.72. The molecule has 3 rings (SSSR count). The van der Waals surface area contributed by atoms with Crippen LogP contribution in [0.1, 0.15) is 45.1 Å². The Morgan fingerprint density at radius 3 is 2.50 bits per heavy atom. The predicted octanol–water partition coefficient (Wildman–Crippen LogP) is 2.95. The van der Waals surface area contributed by atoms with Crippen LogP contribution in [0.15, 0.2) is 24.3 Å². The number of likely N-dealkylation sites (tertiary alicyclic amines) is 1. The maximum atomic E-state index is 13.0. The molecular formula is C17H24N2O. The molecule has 0 aromatic heterocycles. The van der Waals surface area contributed by atoms with Gasteiger partial charge in [0.15, 0.2) is 0 Å². The molecule has 1 saturated heterocycles. The normalized spacial score (nSPS) is 24.1. The minimum atomic E-state index is -0.245. The van der Waals surface area contributed by atoms with Gasteiger partial charge in [-0.1, -0.05) is 26.0 Å². The topological polar surface area (TPSA) is 46.3 Å².